The zero-order valence-electron chi connectivity index (χ0n) is 17.5. The van der Waals surface area contributed by atoms with Gasteiger partial charge in [-0.25, -0.2) is 4.52 Å². The van der Waals surface area contributed by atoms with E-state index in [4.69, 9.17) is 6.42 Å². The SMILES string of the molecule is C#C[C@H]1CNC[C@@H](C)CN1c1ccc2ccc(C(=O)Nc3cn(C)nc3C(F)(F)F)n2n1. The van der Waals surface area contributed by atoms with Crippen molar-refractivity contribution in [1.82, 2.24) is 24.7 Å². The fourth-order valence-electron chi connectivity index (χ4n) is 3.79. The van der Waals surface area contributed by atoms with E-state index in [-0.39, 0.29) is 11.7 Å². The first-order valence-corrected chi connectivity index (χ1v) is 10.0. The molecule has 2 N–H and O–H groups in total. The maximum Gasteiger partial charge on any atom is 0.437 e. The van der Waals surface area contributed by atoms with E-state index in [1.54, 1.807) is 12.1 Å². The average Bonchev–Trinajstić information content (AvgIpc) is 3.26. The van der Waals surface area contributed by atoms with Crippen molar-refractivity contribution in [3.8, 4) is 12.3 Å². The van der Waals surface area contributed by atoms with Crippen LogP contribution in [0.2, 0.25) is 0 Å². The fraction of sp³-hybridized carbons (Fsp3) is 0.381. The number of carbonyl (C=O) groups is 1. The van der Waals surface area contributed by atoms with Crippen molar-refractivity contribution < 1.29 is 18.0 Å². The Morgan fingerprint density at radius 3 is 2.72 bits per heavy atom. The molecule has 3 aromatic heterocycles. The molecule has 0 aliphatic carbocycles. The molecule has 1 aliphatic heterocycles. The number of hydrogen-bond donors (Lipinski definition) is 2. The Balaban J connectivity index is 1.68. The molecule has 1 saturated heterocycles. The summed E-state index contributed by atoms with van der Waals surface area (Å²) >= 11 is 0. The maximum atomic E-state index is 13.2. The third-order valence-corrected chi connectivity index (χ3v) is 5.27. The first kappa shape index (κ1) is 21.7. The van der Waals surface area contributed by atoms with E-state index in [1.165, 1.54) is 17.6 Å². The Labute approximate surface area is 182 Å². The van der Waals surface area contributed by atoms with E-state index in [0.29, 0.717) is 30.3 Å². The van der Waals surface area contributed by atoms with Gasteiger partial charge in [0, 0.05) is 26.3 Å². The molecule has 0 aromatic carbocycles. The van der Waals surface area contributed by atoms with Crippen LogP contribution < -0.4 is 15.5 Å². The fourth-order valence-corrected chi connectivity index (χ4v) is 3.79. The maximum absolute atomic E-state index is 13.2. The summed E-state index contributed by atoms with van der Waals surface area (Å²) in [5.41, 5.74) is -0.863. The zero-order chi connectivity index (χ0) is 23.0. The van der Waals surface area contributed by atoms with Gasteiger partial charge in [0.05, 0.1) is 11.2 Å². The summed E-state index contributed by atoms with van der Waals surface area (Å²) in [6, 6.07) is 6.58. The predicted molar refractivity (Wildman–Crippen MR) is 113 cm³/mol. The second kappa shape index (κ2) is 8.20. The van der Waals surface area contributed by atoms with E-state index in [2.05, 4.69) is 33.7 Å². The molecule has 0 spiro atoms. The highest BCUT2D eigenvalue weighted by atomic mass is 19.4. The lowest BCUT2D eigenvalue weighted by molar-refractivity contribution is -0.140. The summed E-state index contributed by atoms with van der Waals surface area (Å²) in [4.78, 5) is 14.9. The van der Waals surface area contributed by atoms with Crippen LogP contribution >= 0.6 is 0 Å². The number of halogens is 3. The monoisotopic (exact) mass is 445 g/mol. The van der Waals surface area contributed by atoms with Gasteiger partial charge in [-0.2, -0.15) is 18.3 Å². The van der Waals surface area contributed by atoms with Crippen LogP contribution in [0.3, 0.4) is 0 Å². The average molecular weight is 445 g/mol. The van der Waals surface area contributed by atoms with Crippen LogP contribution in [-0.2, 0) is 13.2 Å². The normalized spacial score (nSPS) is 19.6. The number of aromatic nitrogens is 4. The second-order valence-corrected chi connectivity index (χ2v) is 7.86. The van der Waals surface area contributed by atoms with Gasteiger partial charge in [-0.1, -0.05) is 12.8 Å². The summed E-state index contributed by atoms with van der Waals surface area (Å²) in [5, 5.41) is 13.6. The lowest BCUT2D eigenvalue weighted by Crippen LogP contribution is -2.40. The van der Waals surface area contributed by atoms with Crippen LogP contribution in [0.25, 0.3) is 5.52 Å². The van der Waals surface area contributed by atoms with Crippen molar-refractivity contribution in [1.29, 1.82) is 0 Å². The molecule has 1 fully saturated rings. The first-order valence-electron chi connectivity index (χ1n) is 10.0. The molecule has 168 valence electrons. The van der Waals surface area contributed by atoms with Gasteiger partial charge in [0.15, 0.2) is 11.5 Å². The van der Waals surface area contributed by atoms with Crippen LogP contribution in [0.5, 0.6) is 0 Å². The van der Waals surface area contributed by atoms with E-state index in [0.717, 1.165) is 17.4 Å². The Morgan fingerprint density at radius 2 is 2.00 bits per heavy atom. The van der Waals surface area contributed by atoms with Crippen LogP contribution in [-0.4, -0.2) is 51.0 Å². The van der Waals surface area contributed by atoms with E-state index in [1.807, 2.05) is 11.0 Å². The number of alkyl halides is 3. The Bertz CT molecular complexity index is 1190. The number of amides is 1. The van der Waals surface area contributed by atoms with Gasteiger partial charge in [0.2, 0.25) is 0 Å². The Morgan fingerprint density at radius 1 is 1.25 bits per heavy atom. The van der Waals surface area contributed by atoms with Gasteiger partial charge in [-0.3, -0.25) is 9.48 Å². The number of aryl methyl sites for hydroxylation is 1. The van der Waals surface area contributed by atoms with E-state index < -0.39 is 23.5 Å². The number of nitrogens with one attached hydrogen (secondary N) is 2. The van der Waals surface area contributed by atoms with Gasteiger partial charge in [0.25, 0.3) is 5.91 Å². The third kappa shape index (κ3) is 4.13. The molecule has 11 heteroatoms. The highest BCUT2D eigenvalue weighted by Crippen LogP contribution is 2.33. The minimum absolute atomic E-state index is 0.0945. The molecule has 0 saturated carbocycles. The summed E-state index contributed by atoms with van der Waals surface area (Å²) in [7, 11) is 1.35. The number of rotatable bonds is 3. The van der Waals surface area contributed by atoms with Crippen molar-refractivity contribution in [2.24, 2.45) is 13.0 Å². The van der Waals surface area contributed by atoms with Crippen molar-refractivity contribution >= 4 is 22.9 Å². The highest BCUT2D eigenvalue weighted by Gasteiger charge is 2.38. The number of anilines is 2. The van der Waals surface area contributed by atoms with Crippen molar-refractivity contribution in [2.75, 3.05) is 29.9 Å². The molecule has 0 radical (unpaired) electrons. The molecular weight excluding hydrogens is 423 g/mol. The third-order valence-electron chi connectivity index (χ3n) is 5.27. The van der Waals surface area contributed by atoms with Crippen molar-refractivity contribution in [2.45, 2.75) is 19.1 Å². The number of fused-ring (bicyclic) bond motifs is 1. The first-order chi connectivity index (χ1) is 15.2. The molecule has 32 heavy (non-hydrogen) atoms. The van der Waals surface area contributed by atoms with Crippen molar-refractivity contribution in [3.63, 3.8) is 0 Å². The van der Waals surface area contributed by atoms with Crippen LogP contribution in [0.4, 0.5) is 24.7 Å². The molecule has 4 rings (SSSR count). The smallest absolute Gasteiger partial charge is 0.340 e. The molecule has 8 nitrogen and oxygen atoms in total. The molecular formula is C21H22F3N7O. The number of terminal acetylenes is 1. The minimum atomic E-state index is -4.70. The van der Waals surface area contributed by atoms with Crippen molar-refractivity contribution in [3.05, 3.63) is 41.9 Å². The number of carbonyl (C=O) groups excluding carboxylic acids is 1. The van der Waals surface area contributed by atoms with Gasteiger partial charge in [0.1, 0.15) is 11.7 Å². The second-order valence-electron chi connectivity index (χ2n) is 7.86. The van der Waals surface area contributed by atoms with E-state index in [9.17, 15) is 18.0 Å². The standard InChI is InChI=1S/C21H22F3N7O/c1-4-14-10-25-9-13(2)11-30(14)18-8-6-15-5-7-17(31(15)27-18)20(32)26-16-12-29(3)28-19(16)21(22,23)24/h1,5-8,12-14,25H,9-11H2,2-3H3,(H,26,32)/t13-,14+/m1/s1. The topological polar surface area (TPSA) is 79.5 Å². The molecule has 1 aliphatic rings. The number of nitrogens with zero attached hydrogens (tertiary/aromatic N) is 5. The van der Waals surface area contributed by atoms with Gasteiger partial charge in [-0.15, -0.1) is 11.5 Å². The highest BCUT2D eigenvalue weighted by molar-refractivity contribution is 6.04. The van der Waals surface area contributed by atoms with Crippen LogP contribution in [0.1, 0.15) is 23.1 Å². The van der Waals surface area contributed by atoms with Gasteiger partial charge >= 0.3 is 6.18 Å². The molecule has 1 amide bonds. The largest absolute Gasteiger partial charge is 0.437 e. The van der Waals surface area contributed by atoms with E-state index >= 15 is 0 Å². The molecule has 3 aromatic rings. The zero-order valence-corrected chi connectivity index (χ0v) is 17.5. The van der Waals surface area contributed by atoms with Gasteiger partial charge < -0.3 is 15.5 Å². The summed E-state index contributed by atoms with van der Waals surface area (Å²) in [5.74, 6) is 2.94. The minimum Gasteiger partial charge on any atom is -0.340 e. The quantitative estimate of drug-likeness (QED) is 0.606. The van der Waals surface area contributed by atoms with Crippen LogP contribution in [0, 0.1) is 18.3 Å². The molecule has 4 heterocycles. The lowest BCUT2D eigenvalue weighted by atomic mass is 10.1. The summed E-state index contributed by atoms with van der Waals surface area (Å²) in [6.07, 6.45) is 2.14. The Kier molecular flexibility index (Phi) is 5.56. The molecule has 2 atom stereocenters. The van der Waals surface area contributed by atoms with Crippen LogP contribution in [0.15, 0.2) is 30.5 Å². The predicted octanol–water partition coefficient (Wildman–Crippen LogP) is 2.39. The number of hydrogen-bond acceptors (Lipinski definition) is 5. The summed E-state index contributed by atoms with van der Waals surface area (Å²) < 4.78 is 42.1. The molecule has 0 bridgehead atoms. The summed E-state index contributed by atoms with van der Waals surface area (Å²) in [6.45, 7) is 4.19. The Hall–Kier alpha value is -3.52. The van der Waals surface area contributed by atoms with Gasteiger partial charge in [-0.05, 0) is 36.7 Å². The molecule has 0 unspecified atom stereocenters. The lowest BCUT2D eigenvalue weighted by Gasteiger charge is -2.28.